The third-order valence-electron chi connectivity index (χ3n) is 2.75. The molecular formula is C14H9F4NO2. The summed E-state index contributed by atoms with van der Waals surface area (Å²) in [6.45, 7) is 0. The van der Waals surface area contributed by atoms with Gasteiger partial charge in [-0.15, -0.1) is 0 Å². The average molecular weight is 299 g/mol. The van der Waals surface area contributed by atoms with Crippen molar-refractivity contribution in [2.45, 2.75) is 6.18 Å². The van der Waals surface area contributed by atoms with Crippen LogP contribution in [-0.2, 0) is 10.9 Å². The highest BCUT2D eigenvalue weighted by Crippen LogP contribution is 2.31. The summed E-state index contributed by atoms with van der Waals surface area (Å²) in [5.41, 5.74) is -0.764. The van der Waals surface area contributed by atoms with Crippen LogP contribution in [-0.4, -0.2) is 18.1 Å². The standard InChI is InChI=1S/C14H9F4NO2/c1-21-13(20)10-6-7-11(15)19-12(10)8-2-4-9(5-3-8)14(16,17)18/h2-7H,1H3. The molecule has 0 N–H and O–H groups in total. The van der Waals surface area contributed by atoms with Crippen LogP contribution in [0.1, 0.15) is 15.9 Å². The second-order valence-electron chi connectivity index (χ2n) is 4.10. The number of carbonyl (C=O) groups excluding carboxylic acids is 1. The van der Waals surface area contributed by atoms with E-state index in [4.69, 9.17) is 0 Å². The number of halogens is 4. The molecule has 110 valence electrons. The molecule has 1 heterocycles. The van der Waals surface area contributed by atoms with Crippen molar-refractivity contribution < 1.29 is 27.1 Å². The van der Waals surface area contributed by atoms with Crippen molar-refractivity contribution in [2.75, 3.05) is 7.11 Å². The Hall–Kier alpha value is -2.44. The van der Waals surface area contributed by atoms with Gasteiger partial charge in [0.25, 0.3) is 0 Å². The first kappa shape index (κ1) is 15.0. The summed E-state index contributed by atoms with van der Waals surface area (Å²) in [6, 6.07) is 6.06. The highest BCUT2D eigenvalue weighted by Gasteiger charge is 2.30. The van der Waals surface area contributed by atoms with E-state index < -0.39 is 23.7 Å². The zero-order chi connectivity index (χ0) is 15.6. The monoisotopic (exact) mass is 299 g/mol. The van der Waals surface area contributed by atoms with Gasteiger partial charge in [-0.1, -0.05) is 12.1 Å². The molecule has 0 fully saturated rings. The Labute approximate surface area is 117 Å². The van der Waals surface area contributed by atoms with E-state index in [0.29, 0.717) is 0 Å². The van der Waals surface area contributed by atoms with Crippen LogP contribution < -0.4 is 0 Å². The van der Waals surface area contributed by atoms with E-state index in [1.54, 1.807) is 0 Å². The van der Waals surface area contributed by atoms with Gasteiger partial charge >= 0.3 is 12.1 Å². The predicted molar refractivity (Wildman–Crippen MR) is 66.0 cm³/mol. The van der Waals surface area contributed by atoms with Gasteiger partial charge in [0, 0.05) is 5.56 Å². The Morgan fingerprint density at radius 2 is 1.71 bits per heavy atom. The van der Waals surface area contributed by atoms with E-state index in [-0.39, 0.29) is 16.8 Å². The van der Waals surface area contributed by atoms with Crippen LogP contribution >= 0.6 is 0 Å². The lowest BCUT2D eigenvalue weighted by molar-refractivity contribution is -0.137. The molecule has 3 nitrogen and oxygen atoms in total. The molecule has 0 aliphatic rings. The largest absolute Gasteiger partial charge is 0.465 e. The lowest BCUT2D eigenvalue weighted by atomic mass is 10.0. The number of esters is 1. The quantitative estimate of drug-likeness (QED) is 0.482. The third kappa shape index (κ3) is 3.18. The molecule has 0 aliphatic heterocycles. The summed E-state index contributed by atoms with van der Waals surface area (Å²) in [6.07, 6.45) is -4.47. The number of ether oxygens (including phenoxy) is 1. The molecule has 0 unspecified atom stereocenters. The second kappa shape index (κ2) is 5.51. The van der Waals surface area contributed by atoms with E-state index in [0.717, 1.165) is 37.4 Å². The maximum atomic E-state index is 13.2. The van der Waals surface area contributed by atoms with Crippen LogP contribution in [0.3, 0.4) is 0 Å². The highest BCUT2D eigenvalue weighted by molar-refractivity contribution is 5.96. The molecule has 1 aromatic heterocycles. The summed E-state index contributed by atoms with van der Waals surface area (Å²) in [5, 5.41) is 0. The topological polar surface area (TPSA) is 39.2 Å². The van der Waals surface area contributed by atoms with Gasteiger partial charge in [0.05, 0.1) is 23.9 Å². The summed E-state index contributed by atoms with van der Waals surface area (Å²) in [5.74, 6) is -1.60. The average Bonchev–Trinajstić information content (AvgIpc) is 2.45. The van der Waals surface area contributed by atoms with Crippen LogP contribution in [0, 0.1) is 5.95 Å². The molecule has 2 aromatic rings. The van der Waals surface area contributed by atoms with Gasteiger partial charge in [-0.25, -0.2) is 9.78 Å². The van der Waals surface area contributed by atoms with Crippen LogP contribution in [0.4, 0.5) is 17.6 Å². The van der Waals surface area contributed by atoms with Crippen molar-refractivity contribution in [2.24, 2.45) is 0 Å². The maximum Gasteiger partial charge on any atom is 0.416 e. The van der Waals surface area contributed by atoms with E-state index in [2.05, 4.69) is 9.72 Å². The van der Waals surface area contributed by atoms with Crippen LogP contribution in [0.5, 0.6) is 0 Å². The van der Waals surface area contributed by atoms with E-state index in [9.17, 15) is 22.4 Å². The van der Waals surface area contributed by atoms with Gasteiger partial charge in [0.1, 0.15) is 0 Å². The van der Waals surface area contributed by atoms with Crippen molar-refractivity contribution in [3.05, 3.63) is 53.5 Å². The van der Waals surface area contributed by atoms with Crippen molar-refractivity contribution in [3.63, 3.8) is 0 Å². The Morgan fingerprint density at radius 3 is 2.24 bits per heavy atom. The second-order valence-corrected chi connectivity index (χ2v) is 4.10. The van der Waals surface area contributed by atoms with E-state index >= 15 is 0 Å². The fourth-order valence-corrected chi connectivity index (χ4v) is 1.75. The van der Waals surface area contributed by atoms with E-state index in [1.165, 1.54) is 6.07 Å². The van der Waals surface area contributed by atoms with Gasteiger partial charge in [0.15, 0.2) is 0 Å². The fourth-order valence-electron chi connectivity index (χ4n) is 1.75. The van der Waals surface area contributed by atoms with Crippen LogP contribution in [0.15, 0.2) is 36.4 Å². The summed E-state index contributed by atoms with van der Waals surface area (Å²) < 4.78 is 55.3. The van der Waals surface area contributed by atoms with Gasteiger partial charge in [-0.05, 0) is 24.3 Å². The van der Waals surface area contributed by atoms with Gasteiger partial charge in [-0.2, -0.15) is 17.6 Å². The molecule has 21 heavy (non-hydrogen) atoms. The zero-order valence-electron chi connectivity index (χ0n) is 10.7. The number of alkyl halides is 3. The molecule has 7 heteroatoms. The fraction of sp³-hybridized carbons (Fsp3) is 0.143. The first-order valence-corrected chi connectivity index (χ1v) is 5.75. The predicted octanol–water partition coefficient (Wildman–Crippen LogP) is 3.69. The number of rotatable bonds is 2. The third-order valence-corrected chi connectivity index (χ3v) is 2.75. The number of aromatic nitrogens is 1. The molecule has 0 atom stereocenters. The van der Waals surface area contributed by atoms with Gasteiger partial charge in [0.2, 0.25) is 5.95 Å². The first-order valence-electron chi connectivity index (χ1n) is 5.75. The van der Waals surface area contributed by atoms with Crippen molar-refractivity contribution in [1.29, 1.82) is 0 Å². The maximum absolute atomic E-state index is 13.2. The lowest BCUT2D eigenvalue weighted by Crippen LogP contribution is -2.07. The van der Waals surface area contributed by atoms with E-state index in [1.807, 2.05) is 0 Å². The molecule has 0 saturated carbocycles. The summed E-state index contributed by atoms with van der Waals surface area (Å²) >= 11 is 0. The number of methoxy groups -OCH3 is 1. The summed E-state index contributed by atoms with van der Waals surface area (Å²) in [7, 11) is 1.14. The molecule has 0 aliphatic carbocycles. The molecular weight excluding hydrogens is 290 g/mol. The van der Waals surface area contributed by atoms with Gasteiger partial charge < -0.3 is 4.74 Å². The SMILES string of the molecule is COC(=O)c1ccc(F)nc1-c1ccc(C(F)(F)F)cc1. The number of hydrogen-bond acceptors (Lipinski definition) is 3. The summed E-state index contributed by atoms with van der Waals surface area (Å²) in [4.78, 5) is 15.1. The first-order chi connectivity index (χ1) is 9.82. The molecule has 0 bridgehead atoms. The van der Waals surface area contributed by atoms with Crippen molar-refractivity contribution >= 4 is 5.97 Å². The van der Waals surface area contributed by atoms with Crippen molar-refractivity contribution in [1.82, 2.24) is 4.98 Å². The highest BCUT2D eigenvalue weighted by atomic mass is 19.4. The van der Waals surface area contributed by atoms with Crippen LogP contribution in [0.25, 0.3) is 11.3 Å². The molecule has 0 amide bonds. The Kier molecular flexibility index (Phi) is 3.93. The number of benzene rings is 1. The molecule has 0 saturated heterocycles. The number of pyridine rings is 1. The normalized spacial score (nSPS) is 11.3. The Bertz CT molecular complexity index is 666. The molecule has 1 aromatic carbocycles. The number of hydrogen-bond donors (Lipinski definition) is 0. The Balaban J connectivity index is 2.51. The molecule has 0 spiro atoms. The smallest absolute Gasteiger partial charge is 0.416 e. The number of nitrogens with zero attached hydrogens (tertiary/aromatic N) is 1. The molecule has 2 rings (SSSR count). The Morgan fingerprint density at radius 1 is 1.10 bits per heavy atom. The minimum absolute atomic E-state index is 0.0290. The van der Waals surface area contributed by atoms with Crippen LogP contribution in [0.2, 0.25) is 0 Å². The number of carbonyl (C=O) groups is 1. The minimum atomic E-state index is -4.47. The lowest BCUT2D eigenvalue weighted by Gasteiger charge is -2.09. The van der Waals surface area contributed by atoms with Gasteiger partial charge in [-0.3, -0.25) is 0 Å². The molecule has 0 radical (unpaired) electrons. The van der Waals surface area contributed by atoms with Crippen molar-refractivity contribution in [3.8, 4) is 11.3 Å². The zero-order valence-corrected chi connectivity index (χ0v) is 10.7. The minimum Gasteiger partial charge on any atom is -0.465 e.